The smallest absolute Gasteiger partial charge is 0.0441 e. The van der Waals surface area contributed by atoms with Gasteiger partial charge in [0.25, 0.3) is 0 Å². The Labute approximate surface area is 109 Å². The first-order chi connectivity index (χ1) is 8.04. The molecule has 2 nitrogen and oxygen atoms in total. The second-order valence-electron chi connectivity index (χ2n) is 4.62. The third-order valence-corrected chi connectivity index (χ3v) is 4.29. The molecule has 0 aromatic heterocycles. The Hall–Kier alpha value is -0.510. The van der Waals surface area contributed by atoms with Crippen LogP contribution in [0.2, 0.25) is 0 Å². The summed E-state index contributed by atoms with van der Waals surface area (Å²) in [6.07, 6.45) is 0.837. The summed E-state index contributed by atoms with van der Waals surface area (Å²) >= 11 is 1.83. The van der Waals surface area contributed by atoms with Crippen molar-refractivity contribution < 1.29 is 5.11 Å². The Morgan fingerprint density at radius 1 is 1.35 bits per heavy atom. The minimum absolute atomic E-state index is 0.0843. The van der Waals surface area contributed by atoms with Crippen LogP contribution in [-0.2, 0) is 0 Å². The van der Waals surface area contributed by atoms with Crippen molar-refractivity contribution in [3.05, 3.63) is 34.9 Å². The molecule has 3 N–H and O–H groups in total. The van der Waals surface area contributed by atoms with Crippen LogP contribution in [0.1, 0.15) is 36.1 Å². The Bertz CT molecular complexity index is 354. The SMILES string of the molecule is Cc1ccc(C)c(C(N)CSC(C)CCO)c1. The first kappa shape index (κ1) is 14.6. The van der Waals surface area contributed by atoms with Gasteiger partial charge in [-0.15, -0.1) is 0 Å². The number of hydrogen-bond acceptors (Lipinski definition) is 3. The average molecular weight is 253 g/mol. The van der Waals surface area contributed by atoms with Gasteiger partial charge in [0.05, 0.1) is 0 Å². The molecule has 0 aliphatic carbocycles. The van der Waals surface area contributed by atoms with E-state index in [9.17, 15) is 0 Å². The first-order valence-corrected chi connectivity index (χ1v) is 7.14. The van der Waals surface area contributed by atoms with Gasteiger partial charge in [0.2, 0.25) is 0 Å². The summed E-state index contributed by atoms with van der Waals surface area (Å²) in [6.45, 7) is 6.59. The molecule has 1 aromatic rings. The van der Waals surface area contributed by atoms with Crippen LogP contribution in [0.15, 0.2) is 18.2 Å². The highest BCUT2D eigenvalue weighted by Gasteiger charge is 2.11. The monoisotopic (exact) mass is 253 g/mol. The molecule has 1 aromatic carbocycles. The number of rotatable bonds is 6. The van der Waals surface area contributed by atoms with E-state index < -0.39 is 0 Å². The van der Waals surface area contributed by atoms with Crippen molar-refractivity contribution in [1.82, 2.24) is 0 Å². The molecule has 0 saturated carbocycles. The predicted molar refractivity (Wildman–Crippen MR) is 76.5 cm³/mol. The maximum atomic E-state index is 8.85. The maximum absolute atomic E-state index is 8.85. The van der Waals surface area contributed by atoms with E-state index in [4.69, 9.17) is 10.8 Å². The van der Waals surface area contributed by atoms with Crippen molar-refractivity contribution in [3.8, 4) is 0 Å². The molecule has 2 atom stereocenters. The molecule has 3 heteroatoms. The topological polar surface area (TPSA) is 46.2 Å². The van der Waals surface area contributed by atoms with Gasteiger partial charge in [-0.1, -0.05) is 30.7 Å². The number of benzene rings is 1. The molecule has 0 radical (unpaired) electrons. The van der Waals surface area contributed by atoms with E-state index in [1.54, 1.807) is 0 Å². The van der Waals surface area contributed by atoms with Gasteiger partial charge >= 0.3 is 0 Å². The summed E-state index contributed by atoms with van der Waals surface area (Å²) in [6, 6.07) is 6.51. The lowest BCUT2D eigenvalue weighted by atomic mass is 10.0. The zero-order valence-electron chi connectivity index (χ0n) is 10.9. The minimum atomic E-state index is 0.0843. The van der Waals surface area contributed by atoms with Gasteiger partial charge in [0.1, 0.15) is 0 Å². The Balaban J connectivity index is 2.57. The predicted octanol–water partition coefficient (Wildman–Crippen LogP) is 2.81. The van der Waals surface area contributed by atoms with Crippen LogP contribution in [0, 0.1) is 13.8 Å². The third-order valence-electron chi connectivity index (χ3n) is 2.93. The summed E-state index contributed by atoms with van der Waals surface area (Å²) in [7, 11) is 0. The van der Waals surface area contributed by atoms with E-state index in [2.05, 4.69) is 39.0 Å². The van der Waals surface area contributed by atoms with Crippen molar-refractivity contribution in [2.45, 2.75) is 38.5 Å². The Morgan fingerprint density at radius 3 is 2.71 bits per heavy atom. The van der Waals surface area contributed by atoms with Crippen molar-refractivity contribution in [2.24, 2.45) is 5.73 Å². The molecule has 0 saturated heterocycles. The minimum Gasteiger partial charge on any atom is -0.396 e. The summed E-state index contributed by atoms with van der Waals surface area (Å²) in [4.78, 5) is 0. The highest BCUT2D eigenvalue weighted by Crippen LogP contribution is 2.24. The van der Waals surface area contributed by atoms with Gasteiger partial charge in [-0.3, -0.25) is 0 Å². The highest BCUT2D eigenvalue weighted by molar-refractivity contribution is 7.99. The number of thioether (sulfide) groups is 1. The second-order valence-corrected chi connectivity index (χ2v) is 6.09. The fourth-order valence-electron chi connectivity index (χ4n) is 1.78. The molecular weight excluding hydrogens is 230 g/mol. The molecule has 0 spiro atoms. The van der Waals surface area contributed by atoms with Crippen LogP contribution in [0.5, 0.6) is 0 Å². The fraction of sp³-hybridized carbons (Fsp3) is 0.571. The van der Waals surface area contributed by atoms with Crippen molar-refractivity contribution in [3.63, 3.8) is 0 Å². The molecule has 2 unspecified atom stereocenters. The van der Waals surface area contributed by atoms with E-state index in [-0.39, 0.29) is 12.6 Å². The molecule has 0 aliphatic heterocycles. The molecule has 0 aliphatic rings. The fourth-order valence-corrected chi connectivity index (χ4v) is 2.77. The van der Waals surface area contributed by atoms with Gasteiger partial charge in [-0.05, 0) is 31.4 Å². The molecular formula is C14H23NOS. The lowest BCUT2D eigenvalue weighted by molar-refractivity contribution is 0.289. The quantitative estimate of drug-likeness (QED) is 0.819. The van der Waals surface area contributed by atoms with Crippen LogP contribution >= 0.6 is 11.8 Å². The van der Waals surface area contributed by atoms with E-state index in [0.717, 1.165) is 12.2 Å². The van der Waals surface area contributed by atoms with Crippen molar-refractivity contribution >= 4 is 11.8 Å². The van der Waals surface area contributed by atoms with E-state index in [0.29, 0.717) is 5.25 Å². The summed E-state index contributed by atoms with van der Waals surface area (Å²) in [5.74, 6) is 0.908. The summed E-state index contributed by atoms with van der Waals surface area (Å²) in [5, 5.41) is 9.32. The molecule has 0 amide bonds. The van der Waals surface area contributed by atoms with Gasteiger partial charge in [-0.25, -0.2) is 0 Å². The third kappa shape index (κ3) is 4.70. The van der Waals surface area contributed by atoms with Crippen LogP contribution in [0.25, 0.3) is 0 Å². The molecule has 0 fully saturated rings. The van der Waals surface area contributed by atoms with Gasteiger partial charge in [0, 0.05) is 23.7 Å². The summed E-state index contributed by atoms with van der Waals surface area (Å²) in [5.41, 5.74) is 9.99. The van der Waals surface area contributed by atoms with Crippen LogP contribution in [0.3, 0.4) is 0 Å². The van der Waals surface area contributed by atoms with Crippen LogP contribution in [0.4, 0.5) is 0 Å². The number of hydrogen-bond donors (Lipinski definition) is 2. The zero-order valence-corrected chi connectivity index (χ0v) is 11.8. The number of aliphatic hydroxyl groups excluding tert-OH is 1. The Kier molecular flexibility index (Phi) is 6.03. The first-order valence-electron chi connectivity index (χ1n) is 6.09. The van der Waals surface area contributed by atoms with Crippen molar-refractivity contribution in [2.75, 3.05) is 12.4 Å². The number of nitrogens with two attached hydrogens (primary N) is 1. The largest absolute Gasteiger partial charge is 0.396 e. The Morgan fingerprint density at radius 2 is 2.06 bits per heavy atom. The van der Waals surface area contributed by atoms with Gasteiger partial charge < -0.3 is 10.8 Å². The standard InChI is InChI=1S/C14H23NOS/c1-10-4-5-11(2)13(8-10)14(15)9-17-12(3)6-7-16/h4-5,8,12,14,16H,6-7,9,15H2,1-3H3. The lowest BCUT2D eigenvalue weighted by Crippen LogP contribution is -2.16. The molecule has 0 heterocycles. The molecule has 96 valence electrons. The average Bonchev–Trinajstić information content (AvgIpc) is 2.29. The normalized spacial score (nSPS) is 14.6. The van der Waals surface area contributed by atoms with Crippen molar-refractivity contribution in [1.29, 1.82) is 0 Å². The molecule has 1 rings (SSSR count). The highest BCUT2D eigenvalue weighted by atomic mass is 32.2. The van der Waals surface area contributed by atoms with E-state index in [1.807, 2.05) is 11.8 Å². The lowest BCUT2D eigenvalue weighted by Gasteiger charge is -2.17. The maximum Gasteiger partial charge on any atom is 0.0441 e. The van der Waals surface area contributed by atoms with Crippen LogP contribution < -0.4 is 5.73 Å². The van der Waals surface area contributed by atoms with Gasteiger partial charge in [-0.2, -0.15) is 11.8 Å². The molecule has 17 heavy (non-hydrogen) atoms. The number of aryl methyl sites for hydroxylation is 2. The van der Waals surface area contributed by atoms with Gasteiger partial charge in [0.15, 0.2) is 0 Å². The van der Waals surface area contributed by atoms with E-state index >= 15 is 0 Å². The summed E-state index contributed by atoms with van der Waals surface area (Å²) < 4.78 is 0. The second kappa shape index (κ2) is 7.04. The molecule has 0 bridgehead atoms. The number of aliphatic hydroxyl groups is 1. The van der Waals surface area contributed by atoms with Crippen LogP contribution in [-0.4, -0.2) is 22.7 Å². The van der Waals surface area contributed by atoms with E-state index in [1.165, 1.54) is 16.7 Å². The zero-order chi connectivity index (χ0) is 12.8.